The Morgan fingerprint density at radius 1 is 1.03 bits per heavy atom. The second kappa shape index (κ2) is 11.3. The molecule has 1 heterocycles. The molecule has 0 aromatic heterocycles. The van der Waals surface area contributed by atoms with Gasteiger partial charge in [0.05, 0.1) is 16.8 Å². The zero-order valence-corrected chi connectivity index (χ0v) is 19.2. The fraction of sp³-hybridized carbons (Fsp3) is 0.458. The van der Waals surface area contributed by atoms with Crippen LogP contribution in [0.15, 0.2) is 59.5 Å². The van der Waals surface area contributed by atoms with E-state index in [0.717, 1.165) is 18.6 Å². The van der Waals surface area contributed by atoms with Crippen LogP contribution in [0.1, 0.15) is 32.6 Å². The van der Waals surface area contributed by atoms with Crippen molar-refractivity contribution in [2.75, 3.05) is 26.3 Å². The molecule has 174 valence electrons. The van der Waals surface area contributed by atoms with E-state index in [-0.39, 0.29) is 11.3 Å². The largest absolute Gasteiger partial charge is 0.494 e. The minimum absolute atomic E-state index is 0.0533. The summed E-state index contributed by atoms with van der Waals surface area (Å²) in [6, 6.07) is 14.9. The molecule has 1 aliphatic rings. The molecule has 2 atom stereocenters. The summed E-state index contributed by atoms with van der Waals surface area (Å²) in [5, 5.41) is 8.99. The van der Waals surface area contributed by atoms with Crippen molar-refractivity contribution >= 4 is 15.8 Å². The van der Waals surface area contributed by atoms with E-state index >= 15 is 0 Å². The first-order valence-corrected chi connectivity index (χ1v) is 12.6. The fourth-order valence-electron chi connectivity index (χ4n) is 3.84. The van der Waals surface area contributed by atoms with Crippen molar-refractivity contribution in [1.29, 1.82) is 0 Å². The third-order valence-electron chi connectivity index (χ3n) is 5.70. The Labute approximate surface area is 189 Å². The van der Waals surface area contributed by atoms with Crippen molar-refractivity contribution in [2.24, 2.45) is 0 Å². The maximum Gasteiger partial charge on any atom is 0.320 e. The van der Waals surface area contributed by atoms with Crippen LogP contribution >= 0.6 is 0 Å². The van der Waals surface area contributed by atoms with Gasteiger partial charge in [-0.15, -0.1) is 0 Å². The molecule has 1 aliphatic heterocycles. The Kier molecular flexibility index (Phi) is 8.53. The monoisotopic (exact) mass is 461 g/mol. The molecule has 7 nitrogen and oxygen atoms in total. The van der Waals surface area contributed by atoms with Crippen molar-refractivity contribution in [1.82, 2.24) is 4.90 Å². The van der Waals surface area contributed by atoms with Gasteiger partial charge in [0, 0.05) is 13.1 Å². The standard InChI is InChI=1S/C24H31NO6S/c1-2-3-16-30-20-9-11-21(12-10-20)32(28,29)22-13-14-25(23(18-22)24(26)27)15-17-31-19-7-5-4-6-8-19/h4-12,22-23H,2-3,13-18H2,1H3,(H,26,27). The van der Waals surface area contributed by atoms with Crippen LogP contribution in [0.5, 0.6) is 11.5 Å². The van der Waals surface area contributed by atoms with Gasteiger partial charge in [0.25, 0.3) is 0 Å². The lowest BCUT2D eigenvalue weighted by Crippen LogP contribution is -2.51. The summed E-state index contributed by atoms with van der Waals surface area (Å²) in [5.74, 6) is 0.345. The summed E-state index contributed by atoms with van der Waals surface area (Å²) in [4.78, 5) is 13.9. The number of hydrogen-bond acceptors (Lipinski definition) is 6. The van der Waals surface area contributed by atoms with Crippen molar-refractivity contribution in [3.05, 3.63) is 54.6 Å². The van der Waals surface area contributed by atoms with E-state index in [1.165, 1.54) is 0 Å². The SMILES string of the molecule is CCCCOc1ccc(S(=O)(=O)C2CCN(CCOc3ccccc3)C(C(=O)O)C2)cc1. The lowest BCUT2D eigenvalue weighted by atomic mass is 10.0. The van der Waals surface area contributed by atoms with Crippen molar-refractivity contribution in [3.63, 3.8) is 0 Å². The highest BCUT2D eigenvalue weighted by Gasteiger charge is 2.39. The zero-order chi connectivity index (χ0) is 23.0. The van der Waals surface area contributed by atoms with Gasteiger partial charge in [-0.05, 0) is 55.7 Å². The van der Waals surface area contributed by atoms with Crippen LogP contribution < -0.4 is 9.47 Å². The van der Waals surface area contributed by atoms with Gasteiger partial charge in [-0.25, -0.2) is 8.42 Å². The average Bonchev–Trinajstić information content (AvgIpc) is 2.80. The predicted octanol–water partition coefficient (Wildman–Crippen LogP) is 3.64. The molecule has 8 heteroatoms. The van der Waals surface area contributed by atoms with Gasteiger partial charge in [0.1, 0.15) is 24.1 Å². The van der Waals surface area contributed by atoms with E-state index in [1.807, 2.05) is 30.3 Å². The molecule has 2 aromatic carbocycles. The molecule has 0 saturated carbocycles. The third kappa shape index (κ3) is 6.23. The molecule has 0 radical (unpaired) electrons. The van der Waals surface area contributed by atoms with Crippen LogP contribution in [0.4, 0.5) is 0 Å². The number of carboxylic acid groups (broad SMARTS) is 1. The van der Waals surface area contributed by atoms with Gasteiger partial charge in [0.2, 0.25) is 0 Å². The molecular formula is C24H31NO6S. The van der Waals surface area contributed by atoms with Gasteiger partial charge in [-0.2, -0.15) is 0 Å². The molecule has 1 N–H and O–H groups in total. The number of carbonyl (C=O) groups is 1. The Balaban J connectivity index is 1.60. The number of para-hydroxylation sites is 1. The summed E-state index contributed by atoms with van der Waals surface area (Å²) in [6.45, 7) is 3.81. The smallest absolute Gasteiger partial charge is 0.320 e. The Bertz CT molecular complexity index is 962. The fourth-order valence-corrected chi connectivity index (χ4v) is 5.59. The van der Waals surface area contributed by atoms with Crippen molar-refractivity contribution in [3.8, 4) is 11.5 Å². The van der Waals surface area contributed by atoms with E-state index in [2.05, 4.69) is 6.92 Å². The summed E-state index contributed by atoms with van der Waals surface area (Å²) in [7, 11) is -3.63. The number of hydrogen-bond donors (Lipinski definition) is 1. The maximum atomic E-state index is 13.2. The second-order valence-corrected chi connectivity index (χ2v) is 10.1. The summed E-state index contributed by atoms with van der Waals surface area (Å²) in [5.41, 5.74) is 0. The first-order valence-electron chi connectivity index (χ1n) is 11.0. The van der Waals surface area contributed by atoms with Gasteiger partial charge in [0.15, 0.2) is 9.84 Å². The lowest BCUT2D eigenvalue weighted by molar-refractivity contribution is -0.144. The molecule has 0 bridgehead atoms. The molecule has 32 heavy (non-hydrogen) atoms. The molecule has 2 aromatic rings. The lowest BCUT2D eigenvalue weighted by Gasteiger charge is -2.36. The number of sulfone groups is 1. The second-order valence-electron chi connectivity index (χ2n) is 7.92. The highest BCUT2D eigenvalue weighted by Crippen LogP contribution is 2.29. The van der Waals surface area contributed by atoms with Crippen molar-refractivity contribution < 1.29 is 27.8 Å². The summed E-state index contributed by atoms with van der Waals surface area (Å²) in [6.07, 6.45) is 2.39. The van der Waals surface area contributed by atoms with Crippen LogP contribution in [0, 0.1) is 0 Å². The number of unbranched alkanes of at least 4 members (excludes halogenated alkanes) is 1. The third-order valence-corrected chi connectivity index (χ3v) is 7.93. The Morgan fingerprint density at radius 3 is 2.34 bits per heavy atom. The summed E-state index contributed by atoms with van der Waals surface area (Å²) < 4.78 is 37.6. The minimum Gasteiger partial charge on any atom is -0.494 e. The number of benzene rings is 2. The van der Waals surface area contributed by atoms with Crippen LogP contribution in [0.3, 0.4) is 0 Å². The van der Waals surface area contributed by atoms with Crippen molar-refractivity contribution in [2.45, 2.75) is 48.8 Å². The molecule has 1 fully saturated rings. The van der Waals surface area contributed by atoms with Crippen LogP contribution in [-0.4, -0.2) is 62.0 Å². The number of nitrogens with zero attached hydrogens (tertiary/aromatic N) is 1. The molecule has 0 spiro atoms. The van der Waals surface area contributed by atoms with E-state index in [0.29, 0.717) is 38.5 Å². The quantitative estimate of drug-likeness (QED) is 0.511. The Hall–Kier alpha value is -2.58. The highest BCUT2D eigenvalue weighted by molar-refractivity contribution is 7.92. The van der Waals surface area contributed by atoms with Crippen LogP contribution in [-0.2, 0) is 14.6 Å². The van der Waals surface area contributed by atoms with Gasteiger partial charge < -0.3 is 14.6 Å². The molecule has 2 unspecified atom stereocenters. The molecule has 0 aliphatic carbocycles. The molecule has 3 rings (SSSR count). The van der Waals surface area contributed by atoms with Crippen LogP contribution in [0.2, 0.25) is 0 Å². The molecule has 1 saturated heterocycles. The first kappa shape index (κ1) is 24.1. The highest BCUT2D eigenvalue weighted by atomic mass is 32.2. The zero-order valence-electron chi connectivity index (χ0n) is 18.4. The van der Waals surface area contributed by atoms with E-state index in [9.17, 15) is 18.3 Å². The van der Waals surface area contributed by atoms with Gasteiger partial charge in [-0.1, -0.05) is 31.5 Å². The molecular weight excluding hydrogens is 430 g/mol. The predicted molar refractivity (Wildman–Crippen MR) is 122 cm³/mol. The number of likely N-dealkylation sites (tertiary alicyclic amines) is 1. The molecule has 0 amide bonds. The van der Waals surface area contributed by atoms with Gasteiger partial charge >= 0.3 is 5.97 Å². The average molecular weight is 462 g/mol. The number of piperidine rings is 1. The van der Waals surface area contributed by atoms with Gasteiger partial charge in [-0.3, -0.25) is 9.69 Å². The van der Waals surface area contributed by atoms with E-state index < -0.39 is 27.1 Å². The van der Waals surface area contributed by atoms with E-state index in [1.54, 1.807) is 29.2 Å². The number of ether oxygens (including phenoxy) is 2. The van der Waals surface area contributed by atoms with E-state index in [4.69, 9.17) is 9.47 Å². The number of rotatable bonds is 11. The number of carboxylic acids is 1. The normalized spacial score (nSPS) is 19.4. The topological polar surface area (TPSA) is 93.1 Å². The minimum atomic E-state index is -3.63. The van der Waals surface area contributed by atoms with Crippen LogP contribution in [0.25, 0.3) is 0 Å². The number of aliphatic carboxylic acids is 1. The maximum absolute atomic E-state index is 13.2. The summed E-state index contributed by atoms with van der Waals surface area (Å²) >= 11 is 0. The first-order chi connectivity index (χ1) is 15.4. The Morgan fingerprint density at radius 2 is 1.69 bits per heavy atom.